The van der Waals surface area contributed by atoms with E-state index in [1.165, 1.54) is 18.7 Å². The van der Waals surface area contributed by atoms with E-state index in [0.717, 1.165) is 24.1 Å². The van der Waals surface area contributed by atoms with Crippen molar-refractivity contribution in [2.24, 2.45) is 11.8 Å². The summed E-state index contributed by atoms with van der Waals surface area (Å²) in [6.07, 6.45) is 3.16. The molecule has 1 saturated heterocycles. The summed E-state index contributed by atoms with van der Waals surface area (Å²) in [7, 11) is 0. The van der Waals surface area contributed by atoms with Crippen LogP contribution in [0.1, 0.15) is 26.0 Å². The molecule has 0 spiro atoms. The van der Waals surface area contributed by atoms with Crippen molar-refractivity contribution in [1.29, 1.82) is 0 Å². The number of pyridine rings is 1. The van der Waals surface area contributed by atoms with Crippen LogP contribution in [0.3, 0.4) is 0 Å². The third-order valence-corrected chi connectivity index (χ3v) is 3.74. The third-order valence-electron chi connectivity index (χ3n) is 3.47. The highest BCUT2D eigenvalue weighted by atomic mass is 35.5. The lowest BCUT2D eigenvalue weighted by molar-refractivity contribution is 0.423. The number of hydrogen-bond donors (Lipinski definition) is 0. The van der Waals surface area contributed by atoms with Gasteiger partial charge in [-0.25, -0.2) is 0 Å². The van der Waals surface area contributed by atoms with Gasteiger partial charge in [-0.1, -0.05) is 13.8 Å². The van der Waals surface area contributed by atoms with Crippen LogP contribution in [-0.2, 0) is 5.88 Å². The average molecular weight is 239 g/mol. The molecule has 2 heterocycles. The van der Waals surface area contributed by atoms with Crippen molar-refractivity contribution in [2.75, 3.05) is 18.0 Å². The van der Waals surface area contributed by atoms with Crippen LogP contribution in [0.5, 0.6) is 0 Å². The van der Waals surface area contributed by atoms with E-state index in [2.05, 4.69) is 35.9 Å². The first kappa shape index (κ1) is 11.7. The fourth-order valence-electron chi connectivity index (χ4n) is 2.30. The molecule has 2 rings (SSSR count). The van der Waals surface area contributed by atoms with Gasteiger partial charge in [0.05, 0.1) is 11.6 Å². The van der Waals surface area contributed by atoms with Crippen LogP contribution in [0, 0.1) is 11.8 Å². The second-order valence-corrected chi connectivity index (χ2v) is 5.15. The Labute approximate surface area is 103 Å². The molecule has 16 heavy (non-hydrogen) atoms. The van der Waals surface area contributed by atoms with Gasteiger partial charge in [0.25, 0.3) is 0 Å². The molecule has 1 aromatic heterocycles. The Hall–Kier alpha value is -0.760. The standard InChI is InChI=1S/C13H19ClN2/c1-10(2)11-4-6-16(9-11)13-3-5-15-12(7-13)8-14/h3,5,7,10-11H,4,6,8-9H2,1-2H3. The quantitative estimate of drug-likeness (QED) is 0.752. The minimum atomic E-state index is 0.495. The number of alkyl halides is 1. The van der Waals surface area contributed by atoms with Crippen molar-refractivity contribution in [3.63, 3.8) is 0 Å². The Morgan fingerprint density at radius 3 is 3.00 bits per heavy atom. The van der Waals surface area contributed by atoms with Gasteiger partial charge in [0.2, 0.25) is 0 Å². The Kier molecular flexibility index (Phi) is 3.70. The molecule has 0 bridgehead atoms. The maximum Gasteiger partial charge on any atom is 0.0648 e. The molecular weight excluding hydrogens is 220 g/mol. The van der Waals surface area contributed by atoms with Crippen molar-refractivity contribution in [3.8, 4) is 0 Å². The maximum absolute atomic E-state index is 5.80. The number of anilines is 1. The lowest BCUT2D eigenvalue weighted by atomic mass is 9.95. The molecule has 0 aromatic carbocycles. The molecule has 0 N–H and O–H groups in total. The SMILES string of the molecule is CC(C)C1CCN(c2ccnc(CCl)c2)C1. The summed E-state index contributed by atoms with van der Waals surface area (Å²) in [4.78, 5) is 6.67. The highest BCUT2D eigenvalue weighted by molar-refractivity contribution is 6.16. The van der Waals surface area contributed by atoms with E-state index in [9.17, 15) is 0 Å². The molecule has 0 saturated carbocycles. The van der Waals surface area contributed by atoms with Gasteiger partial charge in [-0.15, -0.1) is 11.6 Å². The summed E-state index contributed by atoms with van der Waals surface area (Å²) in [6, 6.07) is 4.19. The maximum atomic E-state index is 5.80. The normalized spacial score (nSPS) is 20.8. The second-order valence-electron chi connectivity index (χ2n) is 4.88. The van der Waals surface area contributed by atoms with Crippen molar-refractivity contribution >= 4 is 17.3 Å². The number of aromatic nitrogens is 1. The minimum Gasteiger partial charge on any atom is -0.371 e. The Morgan fingerprint density at radius 2 is 2.38 bits per heavy atom. The number of halogens is 1. The first-order chi connectivity index (χ1) is 7.70. The molecule has 2 nitrogen and oxygen atoms in total. The largest absolute Gasteiger partial charge is 0.371 e. The summed E-state index contributed by atoms with van der Waals surface area (Å²) in [5.41, 5.74) is 2.24. The van der Waals surface area contributed by atoms with E-state index < -0.39 is 0 Å². The number of rotatable bonds is 3. The first-order valence-corrected chi connectivity index (χ1v) is 6.50. The topological polar surface area (TPSA) is 16.1 Å². The van der Waals surface area contributed by atoms with Gasteiger partial charge in [0.1, 0.15) is 0 Å². The van der Waals surface area contributed by atoms with E-state index in [1.54, 1.807) is 0 Å². The Balaban J connectivity index is 2.08. The van der Waals surface area contributed by atoms with Crippen LogP contribution in [0.15, 0.2) is 18.3 Å². The molecule has 1 fully saturated rings. The molecule has 0 amide bonds. The van der Waals surface area contributed by atoms with E-state index in [1.807, 2.05) is 6.20 Å². The number of nitrogens with zero attached hydrogens (tertiary/aromatic N) is 2. The van der Waals surface area contributed by atoms with E-state index in [-0.39, 0.29) is 0 Å². The Morgan fingerprint density at radius 1 is 1.56 bits per heavy atom. The molecular formula is C13H19ClN2. The molecule has 3 heteroatoms. The lowest BCUT2D eigenvalue weighted by Gasteiger charge is -2.20. The summed E-state index contributed by atoms with van der Waals surface area (Å²) < 4.78 is 0. The smallest absolute Gasteiger partial charge is 0.0648 e. The van der Waals surface area contributed by atoms with Gasteiger partial charge in [0.15, 0.2) is 0 Å². The third kappa shape index (κ3) is 2.49. The lowest BCUT2D eigenvalue weighted by Crippen LogP contribution is -2.21. The fourth-order valence-corrected chi connectivity index (χ4v) is 2.45. The molecule has 1 atom stereocenters. The fraction of sp³-hybridized carbons (Fsp3) is 0.615. The van der Waals surface area contributed by atoms with Crippen LogP contribution in [-0.4, -0.2) is 18.1 Å². The van der Waals surface area contributed by atoms with Crippen LogP contribution in [0.4, 0.5) is 5.69 Å². The van der Waals surface area contributed by atoms with E-state index >= 15 is 0 Å². The van der Waals surface area contributed by atoms with Crippen LogP contribution in [0.2, 0.25) is 0 Å². The predicted octanol–water partition coefficient (Wildman–Crippen LogP) is 3.30. The average Bonchev–Trinajstić information content (AvgIpc) is 2.78. The number of hydrogen-bond acceptors (Lipinski definition) is 2. The van der Waals surface area contributed by atoms with Crippen molar-refractivity contribution in [2.45, 2.75) is 26.1 Å². The first-order valence-electron chi connectivity index (χ1n) is 5.96. The molecule has 1 aliphatic heterocycles. The predicted molar refractivity (Wildman–Crippen MR) is 69.0 cm³/mol. The highest BCUT2D eigenvalue weighted by Crippen LogP contribution is 2.28. The van der Waals surface area contributed by atoms with Gasteiger partial charge < -0.3 is 4.90 Å². The molecule has 88 valence electrons. The molecule has 0 radical (unpaired) electrons. The van der Waals surface area contributed by atoms with Gasteiger partial charge in [-0.05, 0) is 30.4 Å². The van der Waals surface area contributed by atoms with Gasteiger partial charge in [0, 0.05) is 25.0 Å². The van der Waals surface area contributed by atoms with Gasteiger partial charge in [-0.3, -0.25) is 4.98 Å². The Bertz CT molecular complexity index is 352. The van der Waals surface area contributed by atoms with Crippen molar-refractivity contribution < 1.29 is 0 Å². The summed E-state index contributed by atoms with van der Waals surface area (Å²) >= 11 is 5.80. The van der Waals surface area contributed by atoms with Crippen LogP contribution in [0.25, 0.3) is 0 Å². The van der Waals surface area contributed by atoms with E-state index in [4.69, 9.17) is 11.6 Å². The zero-order valence-corrected chi connectivity index (χ0v) is 10.7. The second kappa shape index (κ2) is 5.05. The van der Waals surface area contributed by atoms with Gasteiger partial charge >= 0.3 is 0 Å². The molecule has 1 aliphatic rings. The van der Waals surface area contributed by atoms with Gasteiger partial charge in [-0.2, -0.15) is 0 Å². The van der Waals surface area contributed by atoms with Crippen molar-refractivity contribution in [1.82, 2.24) is 4.98 Å². The van der Waals surface area contributed by atoms with Crippen LogP contribution >= 0.6 is 11.6 Å². The summed E-state index contributed by atoms with van der Waals surface area (Å²) in [5.74, 6) is 2.10. The molecule has 1 unspecified atom stereocenters. The monoisotopic (exact) mass is 238 g/mol. The molecule has 1 aromatic rings. The van der Waals surface area contributed by atoms with Crippen molar-refractivity contribution in [3.05, 3.63) is 24.0 Å². The summed E-state index contributed by atoms with van der Waals surface area (Å²) in [6.45, 7) is 6.95. The zero-order chi connectivity index (χ0) is 11.5. The van der Waals surface area contributed by atoms with Crippen LogP contribution < -0.4 is 4.90 Å². The highest BCUT2D eigenvalue weighted by Gasteiger charge is 2.24. The van der Waals surface area contributed by atoms with E-state index in [0.29, 0.717) is 5.88 Å². The molecule has 0 aliphatic carbocycles. The summed E-state index contributed by atoms with van der Waals surface area (Å²) in [5, 5.41) is 0. The zero-order valence-electron chi connectivity index (χ0n) is 9.99. The minimum absolute atomic E-state index is 0.495.